The molecule has 0 N–H and O–H groups in total. The largest absolute Gasteiger partial charge is 0.0622 e. The normalized spacial score (nSPS) is 11.3. The van der Waals surface area contributed by atoms with Crippen molar-refractivity contribution >= 4 is 0 Å². The molecule has 0 aliphatic heterocycles. The van der Waals surface area contributed by atoms with Gasteiger partial charge in [-0.3, -0.25) is 0 Å². The van der Waals surface area contributed by atoms with Crippen LogP contribution in [0.1, 0.15) is 27.8 Å². The average molecular weight is 348 g/mol. The fraction of sp³-hybridized carbons (Fsp3) is 0.111. The van der Waals surface area contributed by atoms with Crippen LogP contribution in [0.2, 0.25) is 0 Å². The second-order valence-corrected chi connectivity index (χ2v) is 7.17. The smallest absolute Gasteiger partial charge is 0.0491 e. The van der Waals surface area contributed by atoms with E-state index in [9.17, 15) is 0 Å². The van der Waals surface area contributed by atoms with Crippen LogP contribution in [-0.2, 0) is 11.8 Å². The molecule has 0 saturated carbocycles. The van der Waals surface area contributed by atoms with Gasteiger partial charge in [-0.1, -0.05) is 121 Å². The molecule has 4 aromatic carbocycles. The van der Waals surface area contributed by atoms with Crippen LogP contribution in [0.25, 0.3) is 0 Å². The van der Waals surface area contributed by atoms with Gasteiger partial charge in [0.15, 0.2) is 0 Å². The van der Waals surface area contributed by atoms with Gasteiger partial charge >= 0.3 is 0 Å². The summed E-state index contributed by atoms with van der Waals surface area (Å²) in [5.74, 6) is 0. The van der Waals surface area contributed by atoms with E-state index in [4.69, 9.17) is 0 Å². The summed E-state index contributed by atoms with van der Waals surface area (Å²) >= 11 is 0. The molecule has 0 heterocycles. The van der Waals surface area contributed by atoms with Crippen LogP contribution in [0.3, 0.4) is 0 Å². The number of benzene rings is 4. The molecule has 0 aliphatic rings. The number of rotatable bonds is 5. The zero-order chi connectivity index (χ0) is 18.5. The van der Waals surface area contributed by atoms with Gasteiger partial charge in [-0.05, 0) is 35.6 Å². The molecule has 0 amide bonds. The molecule has 0 saturated heterocycles. The molecular weight excluding hydrogens is 324 g/mol. The van der Waals surface area contributed by atoms with Gasteiger partial charge in [0.1, 0.15) is 0 Å². The molecule has 0 bridgehead atoms. The van der Waals surface area contributed by atoms with Crippen LogP contribution in [0.5, 0.6) is 0 Å². The third-order valence-electron chi connectivity index (χ3n) is 5.39. The molecule has 0 aliphatic carbocycles. The van der Waals surface area contributed by atoms with Crippen molar-refractivity contribution in [3.8, 4) is 0 Å². The predicted octanol–water partition coefficient (Wildman–Crippen LogP) is 6.57. The van der Waals surface area contributed by atoms with Gasteiger partial charge in [0.05, 0.1) is 0 Å². The summed E-state index contributed by atoms with van der Waals surface area (Å²) < 4.78 is 0. The number of aryl methyl sites for hydroxylation is 1. The van der Waals surface area contributed by atoms with E-state index in [1.807, 2.05) is 0 Å². The standard InChI is InChI=1S/C27H24/c1-22-17-19-23(20-18-22)21-27(24-11-5-2-6-12-24,25-13-7-3-8-14-25)26-15-9-4-10-16-26/h2-20H,21H2,1H3. The maximum atomic E-state index is 2.26. The molecule has 132 valence electrons. The summed E-state index contributed by atoms with van der Waals surface area (Å²) in [7, 11) is 0. The van der Waals surface area contributed by atoms with Crippen LogP contribution in [0.15, 0.2) is 115 Å². The van der Waals surface area contributed by atoms with Gasteiger partial charge in [0, 0.05) is 5.41 Å². The van der Waals surface area contributed by atoms with Crippen LogP contribution >= 0.6 is 0 Å². The third kappa shape index (κ3) is 3.44. The lowest BCUT2D eigenvalue weighted by Crippen LogP contribution is -2.32. The highest BCUT2D eigenvalue weighted by Gasteiger charge is 2.36. The van der Waals surface area contributed by atoms with Crippen molar-refractivity contribution in [1.82, 2.24) is 0 Å². The van der Waals surface area contributed by atoms with Gasteiger partial charge in [-0.2, -0.15) is 0 Å². The van der Waals surface area contributed by atoms with Crippen LogP contribution < -0.4 is 0 Å². The second-order valence-electron chi connectivity index (χ2n) is 7.17. The summed E-state index contributed by atoms with van der Waals surface area (Å²) in [5, 5.41) is 0. The van der Waals surface area contributed by atoms with Crippen molar-refractivity contribution in [2.24, 2.45) is 0 Å². The van der Waals surface area contributed by atoms with Crippen LogP contribution in [0.4, 0.5) is 0 Å². The van der Waals surface area contributed by atoms with E-state index in [0.717, 1.165) is 6.42 Å². The van der Waals surface area contributed by atoms with Crippen LogP contribution in [0, 0.1) is 6.92 Å². The first-order chi connectivity index (χ1) is 13.3. The quantitative estimate of drug-likeness (QED) is 0.358. The monoisotopic (exact) mass is 348 g/mol. The Labute approximate surface area is 162 Å². The molecule has 0 unspecified atom stereocenters. The lowest BCUT2D eigenvalue weighted by Gasteiger charge is -2.36. The first-order valence-electron chi connectivity index (χ1n) is 9.51. The first-order valence-corrected chi connectivity index (χ1v) is 9.51. The van der Waals surface area contributed by atoms with Crippen molar-refractivity contribution in [3.63, 3.8) is 0 Å². The zero-order valence-corrected chi connectivity index (χ0v) is 15.7. The molecule has 4 aromatic rings. The van der Waals surface area contributed by atoms with Gasteiger partial charge in [0.25, 0.3) is 0 Å². The van der Waals surface area contributed by atoms with Gasteiger partial charge in [0.2, 0.25) is 0 Å². The van der Waals surface area contributed by atoms with E-state index in [2.05, 4.69) is 122 Å². The summed E-state index contributed by atoms with van der Waals surface area (Å²) in [6.07, 6.45) is 0.922. The Hall–Kier alpha value is -3.12. The molecule has 0 nitrogen and oxygen atoms in total. The molecule has 4 rings (SSSR count). The minimum Gasteiger partial charge on any atom is -0.0622 e. The molecule has 0 heteroatoms. The lowest BCUT2D eigenvalue weighted by atomic mass is 9.66. The van der Waals surface area contributed by atoms with E-state index in [1.165, 1.54) is 27.8 Å². The SMILES string of the molecule is Cc1ccc(CC(c2ccccc2)(c2ccccc2)c2ccccc2)cc1. The van der Waals surface area contributed by atoms with Crippen LogP contribution in [-0.4, -0.2) is 0 Å². The highest BCUT2D eigenvalue weighted by atomic mass is 14.4. The minimum atomic E-state index is -0.223. The summed E-state index contributed by atoms with van der Waals surface area (Å²) in [5.41, 5.74) is 6.38. The maximum Gasteiger partial charge on any atom is 0.0491 e. The van der Waals surface area contributed by atoms with E-state index >= 15 is 0 Å². The number of hydrogen-bond donors (Lipinski definition) is 0. The van der Waals surface area contributed by atoms with E-state index in [-0.39, 0.29) is 5.41 Å². The van der Waals surface area contributed by atoms with E-state index in [1.54, 1.807) is 0 Å². The Morgan fingerprint density at radius 3 is 1.22 bits per heavy atom. The van der Waals surface area contributed by atoms with Crippen molar-refractivity contribution in [3.05, 3.63) is 143 Å². The molecular formula is C27H24. The Balaban J connectivity index is 1.98. The van der Waals surface area contributed by atoms with Crippen molar-refractivity contribution in [1.29, 1.82) is 0 Å². The molecule has 0 fully saturated rings. The Morgan fingerprint density at radius 2 is 0.852 bits per heavy atom. The Kier molecular flexibility index (Phi) is 4.89. The molecule has 0 aromatic heterocycles. The fourth-order valence-electron chi connectivity index (χ4n) is 3.99. The highest BCUT2D eigenvalue weighted by Crippen LogP contribution is 2.42. The molecule has 27 heavy (non-hydrogen) atoms. The minimum absolute atomic E-state index is 0.223. The van der Waals surface area contributed by atoms with E-state index < -0.39 is 0 Å². The van der Waals surface area contributed by atoms with Gasteiger partial charge in [-0.25, -0.2) is 0 Å². The fourth-order valence-corrected chi connectivity index (χ4v) is 3.99. The number of hydrogen-bond acceptors (Lipinski definition) is 0. The first kappa shape index (κ1) is 17.3. The van der Waals surface area contributed by atoms with Gasteiger partial charge < -0.3 is 0 Å². The Bertz CT molecular complexity index is 872. The highest BCUT2D eigenvalue weighted by molar-refractivity contribution is 5.52. The second kappa shape index (κ2) is 7.63. The zero-order valence-electron chi connectivity index (χ0n) is 15.7. The third-order valence-corrected chi connectivity index (χ3v) is 5.39. The molecule has 0 spiro atoms. The lowest BCUT2D eigenvalue weighted by molar-refractivity contribution is 0.613. The molecule has 0 atom stereocenters. The van der Waals surface area contributed by atoms with Crippen molar-refractivity contribution in [2.75, 3.05) is 0 Å². The predicted molar refractivity (Wildman–Crippen MR) is 114 cm³/mol. The van der Waals surface area contributed by atoms with Gasteiger partial charge in [-0.15, -0.1) is 0 Å². The summed E-state index contributed by atoms with van der Waals surface area (Å²) in [6.45, 7) is 2.14. The topological polar surface area (TPSA) is 0 Å². The summed E-state index contributed by atoms with van der Waals surface area (Å²) in [4.78, 5) is 0. The van der Waals surface area contributed by atoms with E-state index in [0.29, 0.717) is 0 Å². The summed E-state index contributed by atoms with van der Waals surface area (Å²) in [6, 6.07) is 41.6. The van der Waals surface area contributed by atoms with Crippen molar-refractivity contribution in [2.45, 2.75) is 18.8 Å². The average Bonchev–Trinajstić information content (AvgIpc) is 2.75. The Morgan fingerprint density at radius 1 is 0.481 bits per heavy atom. The molecule has 0 radical (unpaired) electrons. The van der Waals surface area contributed by atoms with Crippen molar-refractivity contribution < 1.29 is 0 Å². The maximum absolute atomic E-state index is 2.26.